The van der Waals surface area contributed by atoms with Crippen LogP contribution < -0.4 is 4.90 Å². The molecule has 5 heteroatoms. The summed E-state index contributed by atoms with van der Waals surface area (Å²) in [6.07, 6.45) is 1.78. The first-order valence-corrected chi connectivity index (χ1v) is 10.6. The number of hydrogen-bond acceptors (Lipinski definition) is 4. The fourth-order valence-corrected chi connectivity index (χ4v) is 4.82. The van der Waals surface area contributed by atoms with Gasteiger partial charge in [-0.15, -0.1) is 0 Å². The molecule has 2 aliphatic rings. The molecule has 1 aliphatic carbocycles. The van der Waals surface area contributed by atoms with Crippen LogP contribution in [0.3, 0.4) is 0 Å². The molecule has 1 heterocycles. The highest BCUT2D eigenvalue weighted by Gasteiger charge is 2.27. The summed E-state index contributed by atoms with van der Waals surface area (Å²) in [6.45, 7) is 3.77. The van der Waals surface area contributed by atoms with Crippen LogP contribution in [0, 0.1) is 0 Å². The van der Waals surface area contributed by atoms with E-state index in [0.717, 1.165) is 34.9 Å². The van der Waals surface area contributed by atoms with E-state index in [1.54, 1.807) is 30.0 Å². The summed E-state index contributed by atoms with van der Waals surface area (Å²) in [5.41, 5.74) is 5.31. The largest absolute Gasteiger partial charge is 0.451 e. The molecule has 5 rings (SSSR count). The van der Waals surface area contributed by atoms with Gasteiger partial charge < -0.3 is 9.64 Å². The van der Waals surface area contributed by atoms with Crippen LogP contribution in [0.25, 0.3) is 10.8 Å². The lowest BCUT2D eigenvalue weighted by Crippen LogP contribution is -2.26. The van der Waals surface area contributed by atoms with Gasteiger partial charge in [0.2, 0.25) is 11.7 Å². The van der Waals surface area contributed by atoms with E-state index in [2.05, 4.69) is 6.07 Å². The molecule has 3 aromatic carbocycles. The molecular weight excluding hydrogens is 390 g/mol. The molecule has 0 fully saturated rings. The number of aryl methyl sites for hydroxylation is 2. The first kappa shape index (κ1) is 19.5. The van der Waals surface area contributed by atoms with E-state index in [9.17, 15) is 14.4 Å². The Hall–Kier alpha value is -3.47. The molecule has 5 nitrogen and oxygen atoms in total. The maximum absolute atomic E-state index is 13.0. The first-order chi connectivity index (χ1) is 14.9. The Bertz CT molecular complexity index is 1250. The maximum atomic E-state index is 13.0. The average Bonchev–Trinajstić information content (AvgIpc) is 3.38. The third kappa shape index (κ3) is 3.21. The predicted molar refractivity (Wildman–Crippen MR) is 119 cm³/mol. The maximum Gasteiger partial charge on any atom is 0.339 e. The van der Waals surface area contributed by atoms with Gasteiger partial charge >= 0.3 is 5.97 Å². The van der Waals surface area contributed by atoms with Crippen molar-refractivity contribution in [2.75, 3.05) is 11.4 Å². The summed E-state index contributed by atoms with van der Waals surface area (Å²) in [6, 6.07) is 15.1. The number of ketones is 1. The van der Waals surface area contributed by atoms with Crippen LogP contribution in [0.4, 0.5) is 5.69 Å². The minimum Gasteiger partial charge on any atom is -0.451 e. The Balaban J connectivity index is 1.37. The summed E-state index contributed by atoms with van der Waals surface area (Å²) in [5, 5.41) is 2.03. The van der Waals surface area contributed by atoms with Crippen LogP contribution in [0.1, 0.15) is 51.3 Å². The van der Waals surface area contributed by atoms with Crippen LogP contribution in [0.15, 0.2) is 48.5 Å². The molecule has 1 unspecified atom stereocenters. The lowest BCUT2D eigenvalue weighted by atomic mass is 10.00. The van der Waals surface area contributed by atoms with Crippen molar-refractivity contribution in [2.45, 2.75) is 39.2 Å². The Kier molecular flexibility index (Phi) is 4.62. The fraction of sp³-hybridized carbons (Fsp3) is 0.269. The van der Waals surface area contributed by atoms with Crippen molar-refractivity contribution in [1.82, 2.24) is 0 Å². The smallest absolute Gasteiger partial charge is 0.339 e. The zero-order valence-electron chi connectivity index (χ0n) is 17.6. The molecular formula is C26H23NO4. The van der Waals surface area contributed by atoms with E-state index in [4.69, 9.17) is 4.74 Å². The number of fused-ring (bicyclic) bond motifs is 1. The minimum absolute atomic E-state index is 0.00881. The number of anilines is 1. The van der Waals surface area contributed by atoms with Gasteiger partial charge in [0.15, 0.2) is 6.10 Å². The van der Waals surface area contributed by atoms with Crippen LogP contribution in [0.5, 0.6) is 0 Å². The van der Waals surface area contributed by atoms with E-state index >= 15 is 0 Å². The Morgan fingerprint density at radius 3 is 2.48 bits per heavy atom. The highest BCUT2D eigenvalue weighted by atomic mass is 16.5. The number of nitrogens with zero attached hydrogens (tertiary/aromatic N) is 1. The molecule has 0 bridgehead atoms. The summed E-state index contributed by atoms with van der Waals surface area (Å²) >= 11 is 0. The number of esters is 1. The van der Waals surface area contributed by atoms with Crippen molar-refractivity contribution in [3.63, 3.8) is 0 Å². The Labute approximate surface area is 180 Å². The van der Waals surface area contributed by atoms with Crippen molar-refractivity contribution in [3.8, 4) is 0 Å². The molecule has 0 N–H and O–H groups in total. The van der Waals surface area contributed by atoms with Gasteiger partial charge in [-0.25, -0.2) is 4.79 Å². The monoisotopic (exact) mass is 413 g/mol. The van der Waals surface area contributed by atoms with E-state index < -0.39 is 12.1 Å². The van der Waals surface area contributed by atoms with Crippen LogP contribution in [-0.2, 0) is 28.8 Å². The van der Waals surface area contributed by atoms with E-state index in [0.29, 0.717) is 24.1 Å². The number of benzene rings is 3. The second kappa shape index (κ2) is 7.34. The SMILES string of the molecule is CC(=O)N1CCc2cc(C(=O)C(C)OC(=O)c3ccc4c5c(cccc35)CC4)ccc21. The van der Waals surface area contributed by atoms with Crippen molar-refractivity contribution in [2.24, 2.45) is 0 Å². The minimum atomic E-state index is -0.904. The number of amides is 1. The predicted octanol–water partition coefficient (Wildman–Crippen LogP) is 4.28. The highest BCUT2D eigenvalue weighted by Crippen LogP contribution is 2.33. The molecule has 31 heavy (non-hydrogen) atoms. The molecule has 0 saturated heterocycles. The standard InChI is InChI=1S/C26H23NO4/c1-15(25(29)20-9-11-23-19(14-20)12-13-27(23)16(2)28)31-26(30)22-10-8-18-7-6-17-4-3-5-21(22)24(17)18/h3-5,8-11,14-15H,6-7,12-13H2,1-2H3. The van der Waals surface area contributed by atoms with Gasteiger partial charge in [-0.1, -0.05) is 24.3 Å². The molecule has 3 aromatic rings. The normalized spacial score (nSPS) is 15.1. The number of rotatable bonds is 4. The van der Waals surface area contributed by atoms with Gasteiger partial charge in [0.05, 0.1) is 5.56 Å². The lowest BCUT2D eigenvalue weighted by molar-refractivity contribution is -0.116. The number of hydrogen-bond donors (Lipinski definition) is 0. The van der Waals surface area contributed by atoms with Crippen molar-refractivity contribution >= 4 is 34.1 Å². The zero-order chi connectivity index (χ0) is 21.7. The molecule has 0 saturated carbocycles. The van der Waals surface area contributed by atoms with E-state index in [-0.39, 0.29) is 11.7 Å². The summed E-state index contributed by atoms with van der Waals surface area (Å²) in [4.78, 5) is 39.3. The van der Waals surface area contributed by atoms with E-state index in [1.807, 2.05) is 24.3 Å². The summed E-state index contributed by atoms with van der Waals surface area (Å²) in [5.74, 6) is -0.741. The Morgan fingerprint density at radius 1 is 0.935 bits per heavy atom. The van der Waals surface area contributed by atoms with Crippen molar-refractivity contribution in [1.29, 1.82) is 0 Å². The second-order valence-electron chi connectivity index (χ2n) is 8.29. The molecule has 0 aromatic heterocycles. The van der Waals surface area contributed by atoms with Crippen LogP contribution >= 0.6 is 0 Å². The van der Waals surface area contributed by atoms with Gasteiger partial charge in [0, 0.05) is 24.7 Å². The first-order valence-electron chi connectivity index (χ1n) is 10.6. The summed E-state index contributed by atoms with van der Waals surface area (Å²) < 4.78 is 5.59. The van der Waals surface area contributed by atoms with Crippen LogP contribution in [-0.4, -0.2) is 30.3 Å². The lowest BCUT2D eigenvalue weighted by Gasteiger charge is -2.16. The van der Waals surface area contributed by atoms with Gasteiger partial charge in [-0.2, -0.15) is 0 Å². The molecule has 1 amide bonds. The van der Waals surface area contributed by atoms with Gasteiger partial charge in [0.1, 0.15) is 0 Å². The van der Waals surface area contributed by atoms with Gasteiger partial charge in [-0.05, 0) is 77.9 Å². The van der Waals surface area contributed by atoms with Gasteiger partial charge in [0.25, 0.3) is 0 Å². The van der Waals surface area contributed by atoms with Crippen molar-refractivity contribution in [3.05, 3.63) is 76.3 Å². The quantitative estimate of drug-likeness (QED) is 0.473. The zero-order valence-corrected chi connectivity index (χ0v) is 17.6. The molecule has 0 spiro atoms. The number of Topliss-reactive ketones (excluding diaryl/α,β-unsaturated/α-hetero) is 1. The van der Waals surface area contributed by atoms with E-state index in [1.165, 1.54) is 18.1 Å². The molecule has 156 valence electrons. The average molecular weight is 413 g/mol. The second-order valence-corrected chi connectivity index (χ2v) is 8.29. The van der Waals surface area contributed by atoms with Crippen molar-refractivity contribution < 1.29 is 19.1 Å². The number of ether oxygens (including phenoxy) is 1. The molecule has 0 radical (unpaired) electrons. The van der Waals surface area contributed by atoms with Crippen LogP contribution in [0.2, 0.25) is 0 Å². The van der Waals surface area contributed by atoms with Gasteiger partial charge in [-0.3, -0.25) is 9.59 Å². The molecule has 1 aliphatic heterocycles. The fourth-order valence-electron chi connectivity index (χ4n) is 4.82. The number of carbonyl (C=O) groups excluding carboxylic acids is 3. The third-order valence-electron chi connectivity index (χ3n) is 6.39. The highest BCUT2D eigenvalue weighted by molar-refractivity contribution is 6.08. The summed E-state index contributed by atoms with van der Waals surface area (Å²) in [7, 11) is 0. The molecule has 1 atom stereocenters. The Morgan fingerprint density at radius 2 is 1.71 bits per heavy atom. The number of carbonyl (C=O) groups is 3. The topological polar surface area (TPSA) is 63.7 Å². The third-order valence-corrected chi connectivity index (χ3v) is 6.39.